The van der Waals surface area contributed by atoms with Gasteiger partial charge in [0.05, 0.1) is 11.3 Å². The quantitative estimate of drug-likeness (QED) is 0.895. The third-order valence-corrected chi connectivity index (χ3v) is 6.20. The summed E-state index contributed by atoms with van der Waals surface area (Å²) in [6.45, 7) is 2.62. The van der Waals surface area contributed by atoms with Crippen LogP contribution in [-0.4, -0.2) is 40.3 Å². The van der Waals surface area contributed by atoms with Gasteiger partial charge in [0.15, 0.2) is 0 Å². The molecule has 2 aromatic rings. The third kappa shape index (κ3) is 2.78. The molecule has 2 unspecified atom stereocenters. The van der Waals surface area contributed by atoms with Crippen LogP contribution in [0.3, 0.4) is 0 Å². The van der Waals surface area contributed by atoms with Crippen molar-refractivity contribution in [3.63, 3.8) is 0 Å². The molecule has 2 aliphatic heterocycles. The lowest BCUT2D eigenvalue weighted by Gasteiger charge is -2.23. The fraction of sp³-hybridized carbons (Fsp3) is 0.300. The molecule has 1 fully saturated rings. The van der Waals surface area contributed by atoms with Gasteiger partial charge in [-0.15, -0.1) is 0 Å². The third-order valence-electron chi connectivity index (χ3n) is 4.95. The smallest absolute Gasteiger partial charge is 0.256 e. The second-order valence-corrected chi connectivity index (χ2v) is 7.97. The van der Waals surface area contributed by atoms with E-state index >= 15 is 0 Å². The highest BCUT2D eigenvalue weighted by atomic mass is 32.2. The highest BCUT2D eigenvalue weighted by molar-refractivity contribution is 7.99. The molecule has 1 N–H and O–H groups in total. The van der Waals surface area contributed by atoms with Crippen molar-refractivity contribution >= 4 is 29.3 Å². The highest BCUT2D eigenvalue weighted by Gasteiger charge is 2.44. The Bertz CT molecular complexity index is 886. The molecule has 2 atom stereocenters. The summed E-state index contributed by atoms with van der Waals surface area (Å²) in [5, 5.41) is 3.01. The second kappa shape index (κ2) is 6.76. The van der Waals surface area contributed by atoms with Crippen LogP contribution in [0.4, 0.5) is 10.1 Å². The van der Waals surface area contributed by atoms with Crippen molar-refractivity contribution in [2.45, 2.75) is 24.6 Å². The molecule has 0 saturated carbocycles. The van der Waals surface area contributed by atoms with Crippen LogP contribution >= 0.6 is 11.8 Å². The van der Waals surface area contributed by atoms with Crippen molar-refractivity contribution in [3.8, 4) is 11.1 Å². The van der Waals surface area contributed by atoms with Crippen molar-refractivity contribution in [3.05, 3.63) is 53.8 Å². The monoisotopic (exact) mass is 370 g/mol. The first-order valence-corrected chi connectivity index (χ1v) is 9.77. The number of carbonyl (C=O) groups excluding carboxylic acids is 2. The van der Waals surface area contributed by atoms with Gasteiger partial charge in [-0.3, -0.25) is 9.59 Å². The number of rotatable bonds is 3. The lowest BCUT2D eigenvalue weighted by atomic mass is 10.0. The van der Waals surface area contributed by atoms with Gasteiger partial charge in [0, 0.05) is 17.4 Å². The first-order chi connectivity index (χ1) is 12.6. The maximum absolute atomic E-state index is 14.1. The average Bonchev–Trinajstić information content (AvgIpc) is 3.02. The SMILES string of the molecule is CCSC1CCN2C(=O)c3cc(-c4ccccc4F)ccc3NC(=O)C12. The fourth-order valence-electron chi connectivity index (χ4n) is 3.75. The van der Waals surface area contributed by atoms with E-state index in [0.29, 0.717) is 28.9 Å². The number of amides is 2. The average molecular weight is 370 g/mol. The van der Waals surface area contributed by atoms with Crippen LogP contribution in [0.2, 0.25) is 0 Å². The van der Waals surface area contributed by atoms with Crippen LogP contribution in [0.25, 0.3) is 11.1 Å². The van der Waals surface area contributed by atoms with Crippen molar-refractivity contribution in [1.82, 2.24) is 4.90 Å². The molecule has 0 aromatic heterocycles. The predicted molar refractivity (Wildman–Crippen MR) is 102 cm³/mol. The Morgan fingerprint density at radius 2 is 2.00 bits per heavy atom. The van der Waals surface area contributed by atoms with Gasteiger partial charge in [-0.25, -0.2) is 4.39 Å². The molecule has 2 aliphatic rings. The van der Waals surface area contributed by atoms with Crippen LogP contribution in [0.5, 0.6) is 0 Å². The number of fused-ring (bicyclic) bond motifs is 2. The number of hydrogen-bond acceptors (Lipinski definition) is 3. The summed E-state index contributed by atoms with van der Waals surface area (Å²) in [5.74, 6) is 0.261. The Morgan fingerprint density at radius 3 is 2.77 bits per heavy atom. The van der Waals surface area contributed by atoms with Crippen molar-refractivity contribution in [1.29, 1.82) is 0 Å². The van der Waals surface area contributed by atoms with Gasteiger partial charge in [-0.05, 0) is 35.9 Å². The van der Waals surface area contributed by atoms with Crippen LogP contribution in [0.15, 0.2) is 42.5 Å². The summed E-state index contributed by atoms with van der Waals surface area (Å²) < 4.78 is 14.1. The zero-order chi connectivity index (χ0) is 18.3. The van der Waals surface area contributed by atoms with Gasteiger partial charge < -0.3 is 10.2 Å². The van der Waals surface area contributed by atoms with Crippen LogP contribution < -0.4 is 5.32 Å². The zero-order valence-electron chi connectivity index (χ0n) is 14.4. The lowest BCUT2D eigenvalue weighted by Crippen LogP contribution is -2.44. The minimum absolute atomic E-state index is 0.115. The van der Waals surface area contributed by atoms with Gasteiger partial charge in [0.25, 0.3) is 5.91 Å². The Labute approximate surface area is 155 Å². The molecular weight excluding hydrogens is 351 g/mol. The van der Waals surface area contributed by atoms with E-state index in [-0.39, 0.29) is 22.9 Å². The summed E-state index contributed by atoms with van der Waals surface area (Å²) >= 11 is 1.72. The Kier molecular flexibility index (Phi) is 4.44. The number of hydrogen-bond donors (Lipinski definition) is 1. The van der Waals surface area contributed by atoms with E-state index in [9.17, 15) is 14.0 Å². The number of thioether (sulfide) groups is 1. The van der Waals surface area contributed by atoms with Crippen molar-refractivity contribution < 1.29 is 14.0 Å². The van der Waals surface area contributed by atoms with Crippen LogP contribution in [-0.2, 0) is 4.79 Å². The van der Waals surface area contributed by atoms with E-state index < -0.39 is 6.04 Å². The minimum atomic E-state index is -0.447. The standard InChI is InChI=1S/C20H19FN2O2S/c1-2-26-17-9-10-23-18(17)19(24)22-16-8-7-12(11-14(16)20(23)25)13-5-3-4-6-15(13)21/h3-8,11,17-18H,2,9-10H2,1H3,(H,22,24). The Morgan fingerprint density at radius 1 is 1.19 bits per heavy atom. The molecular formula is C20H19FN2O2S. The Balaban J connectivity index is 1.75. The molecule has 2 amide bonds. The number of nitrogens with zero attached hydrogens (tertiary/aromatic N) is 1. The largest absolute Gasteiger partial charge is 0.325 e. The number of nitrogens with one attached hydrogen (secondary N) is 1. The highest BCUT2D eigenvalue weighted by Crippen LogP contribution is 2.36. The van der Waals surface area contributed by atoms with Gasteiger partial charge in [-0.2, -0.15) is 11.8 Å². The van der Waals surface area contributed by atoms with Crippen molar-refractivity contribution in [2.75, 3.05) is 17.6 Å². The molecule has 4 nitrogen and oxygen atoms in total. The Hall–Kier alpha value is -2.34. The van der Waals surface area contributed by atoms with Crippen LogP contribution in [0, 0.1) is 5.82 Å². The number of halogens is 1. The second-order valence-electron chi connectivity index (χ2n) is 6.46. The van der Waals surface area contributed by atoms with Gasteiger partial charge in [0.1, 0.15) is 11.9 Å². The fourth-order valence-corrected chi connectivity index (χ4v) is 4.90. The molecule has 2 heterocycles. The number of benzene rings is 2. The topological polar surface area (TPSA) is 49.4 Å². The van der Waals surface area contributed by atoms with E-state index in [1.54, 1.807) is 53.1 Å². The number of carbonyl (C=O) groups is 2. The van der Waals surface area contributed by atoms with E-state index in [1.807, 2.05) is 0 Å². The van der Waals surface area contributed by atoms with Gasteiger partial charge >= 0.3 is 0 Å². The van der Waals surface area contributed by atoms with E-state index in [2.05, 4.69) is 12.2 Å². The van der Waals surface area contributed by atoms with Gasteiger partial charge in [0.2, 0.25) is 5.91 Å². The molecule has 134 valence electrons. The molecule has 26 heavy (non-hydrogen) atoms. The predicted octanol–water partition coefficient (Wildman–Crippen LogP) is 3.78. The minimum Gasteiger partial charge on any atom is -0.325 e. The molecule has 1 saturated heterocycles. The maximum atomic E-state index is 14.1. The van der Waals surface area contributed by atoms with Gasteiger partial charge in [-0.1, -0.05) is 31.2 Å². The van der Waals surface area contributed by atoms with Crippen molar-refractivity contribution in [2.24, 2.45) is 0 Å². The summed E-state index contributed by atoms with van der Waals surface area (Å²) in [7, 11) is 0. The van der Waals surface area contributed by atoms with E-state index in [1.165, 1.54) is 6.07 Å². The number of anilines is 1. The summed E-state index contributed by atoms with van der Waals surface area (Å²) in [5.41, 5.74) is 1.98. The molecule has 4 rings (SSSR count). The normalized spacial score (nSPS) is 21.8. The summed E-state index contributed by atoms with van der Waals surface area (Å²) in [6.07, 6.45) is 0.810. The summed E-state index contributed by atoms with van der Waals surface area (Å²) in [4.78, 5) is 27.5. The molecule has 0 spiro atoms. The molecule has 0 aliphatic carbocycles. The zero-order valence-corrected chi connectivity index (χ0v) is 15.2. The molecule has 0 radical (unpaired) electrons. The molecule has 2 aromatic carbocycles. The lowest BCUT2D eigenvalue weighted by molar-refractivity contribution is -0.119. The summed E-state index contributed by atoms with van der Waals surface area (Å²) in [6, 6.07) is 11.1. The van der Waals surface area contributed by atoms with E-state index in [0.717, 1.165) is 12.2 Å². The molecule has 6 heteroatoms. The van der Waals surface area contributed by atoms with Crippen LogP contribution in [0.1, 0.15) is 23.7 Å². The first kappa shape index (κ1) is 17.1. The first-order valence-electron chi connectivity index (χ1n) is 8.72. The van der Waals surface area contributed by atoms with E-state index in [4.69, 9.17) is 0 Å². The molecule has 0 bridgehead atoms. The maximum Gasteiger partial charge on any atom is 0.256 e.